The van der Waals surface area contributed by atoms with Crippen molar-refractivity contribution in [2.24, 2.45) is 5.73 Å². The Morgan fingerprint density at radius 2 is 2.19 bits per heavy atom. The molecule has 114 valence electrons. The molecule has 1 rings (SSSR count). The first-order chi connectivity index (χ1) is 9.95. The predicted octanol–water partition coefficient (Wildman–Crippen LogP) is 1.19. The van der Waals surface area contributed by atoms with Gasteiger partial charge in [0.15, 0.2) is 0 Å². The van der Waals surface area contributed by atoms with Crippen LogP contribution in [0.4, 0.5) is 0 Å². The Bertz CT molecular complexity index is 588. The summed E-state index contributed by atoms with van der Waals surface area (Å²) in [6.45, 7) is 4.08. The van der Waals surface area contributed by atoms with E-state index in [9.17, 15) is 9.00 Å². The summed E-state index contributed by atoms with van der Waals surface area (Å²) < 4.78 is 11.1. The Hall–Kier alpha value is -1.64. The van der Waals surface area contributed by atoms with E-state index in [1.165, 1.54) is 0 Å². The molecule has 1 amide bonds. The third kappa shape index (κ3) is 5.70. The Labute approximate surface area is 129 Å². The average molecular weight is 306 g/mol. The molecule has 0 heterocycles. The summed E-state index contributed by atoms with van der Waals surface area (Å²) in [5, 5.41) is 2.93. The van der Waals surface area contributed by atoms with Crippen LogP contribution in [0, 0.1) is 18.8 Å². The lowest BCUT2D eigenvalue weighted by atomic mass is 10.0. The van der Waals surface area contributed by atoms with Crippen LogP contribution in [0.3, 0.4) is 0 Å². The van der Waals surface area contributed by atoms with E-state index >= 15 is 0 Å². The fourth-order valence-electron chi connectivity index (χ4n) is 1.88. The van der Waals surface area contributed by atoms with Crippen LogP contribution in [-0.4, -0.2) is 34.7 Å². The highest BCUT2D eigenvalue weighted by Crippen LogP contribution is 2.13. The third-order valence-electron chi connectivity index (χ3n) is 3.12. The molecule has 0 aliphatic carbocycles. The van der Waals surface area contributed by atoms with Crippen LogP contribution >= 0.6 is 0 Å². The van der Waals surface area contributed by atoms with Crippen LogP contribution in [0.15, 0.2) is 18.2 Å². The van der Waals surface area contributed by atoms with E-state index in [1.54, 1.807) is 12.3 Å². The smallest absolute Gasteiger partial charge is 0.251 e. The quantitative estimate of drug-likeness (QED) is 0.803. The zero-order valence-corrected chi connectivity index (χ0v) is 13.5. The van der Waals surface area contributed by atoms with Crippen molar-refractivity contribution in [1.82, 2.24) is 5.32 Å². The molecule has 0 spiro atoms. The molecule has 1 aromatic rings. The maximum Gasteiger partial charge on any atom is 0.251 e. The van der Waals surface area contributed by atoms with Crippen molar-refractivity contribution in [1.29, 1.82) is 0 Å². The van der Waals surface area contributed by atoms with E-state index < -0.39 is 10.8 Å². The maximum atomic E-state index is 12.3. The fourth-order valence-corrected chi connectivity index (χ4v) is 2.57. The van der Waals surface area contributed by atoms with Gasteiger partial charge in [-0.05, 0) is 38.0 Å². The maximum absolute atomic E-state index is 12.3. The van der Waals surface area contributed by atoms with E-state index in [2.05, 4.69) is 17.2 Å². The SMILES string of the molecule is Cc1c(C#CCN)cccc1C(=O)NC(C)CCS(C)=O. The topological polar surface area (TPSA) is 72.2 Å². The number of carbonyl (C=O) groups excluding carboxylic acids is 1. The molecule has 2 atom stereocenters. The highest BCUT2D eigenvalue weighted by atomic mass is 32.2. The Morgan fingerprint density at radius 1 is 1.48 bits per heavy atom. The Kier molecular flexibility index (Phi) is 7.13. The minimum Gasteiger partial charge on any atom is -0.350 e. The summed E-state index contributed by atoms with van der Waals surface area (Å²) in [7, 11) is -0.839. The van der Waals surface area contributed by atoms with Crippen molar-refractivity contribution in [2.75, 3.05) is 18.6 Å². The van der Waals surface area contributed by atoms with Gasteiger partial charge in [0.25, 0.3) is 5.91 Å². The molecule has 5 heteroatoms. The molecule has 21 heavy (non-hydrogen) atoms. The van der Waals surface area contributed by atoms with Gasteiger partial charge in [0.1, 0.15) is 0 Å². The average Bonchev–Trinajstić information content (AvgIpc) is 2.44. The van der Waals surface area contributed by atoms with E-state index in [1.807, 2.05) is 26.0 Å². The molecular weight excluding hydrogens is 284 g/mol. The summed E-state index contributed by atoms with van der Waals surface area (Å²) in [4.78, 5) is 12.3. The van der Waals surface area contributed by atoms with Crippen molar-refractivity contribution in [3.05, 3.63) is 34.9 Å². The van der Waals surface area contributed by atoms with Gasteiger partial charge >= 0.3 is 0 Å². The van der Waals surface area contributed by atoms with Crippen molar-refractivity contribution < 1.29 is 9.00 Å². The number of amides is 1. The molecular formula is C16H22N2O2S. The van der Waals surface area contributed by atoms with Gasteiger partial charge < -0.3 is 11.1 Å². The van der Waals surface area contributed by atoms with Crippen LogP contribution < -0.4 is 11.1 Å². The summed E-state index contributed by atoms with van der Waals surface area (Å²) >= 11 is 0. The van der Waals surface area contributed by atoms with Gasteiger partial charge in [-0.15, -0.1) is 0 Å². The van der Waals surface area contributed by atoms with Crippen molar-refractivity contribution >= 4 is 16.7 Å². The molecule has 0 fully saturated rings. The number of nitrogens with one attached hydrogen (secondary N) is 1. The molecule has 0 aromatic heterocycles. The second-order valence-corrected chi connectivity index (χ2v) is 6.48. The molecule has 0 saturated carbocycles. The predicted molar refractivity (Wildman–Crippen MR) is 87.6 cm³/mol. The van der Waals surface area contributed by atoms with E-state index in [0.717, 1.165) is 11.1 Å². The molecule has 0 radical (unpaired) electrons. The monoisotopic (exact) mass is 306 g/mol. The lowest BCUT2D eigenvalue weighted by Gasteiger charge is -2.14. The Balaban J connectivity index is 2.81. The molecule has 4 nitrogen and oxygen atoms in total. The van der Waals surface area contributed by atoms with Gasteiger partial charge in [-0.25, -0.2) is 0 Å². The van der Waals surface area contributed by atoms with Gasteiger partial charge in [-0.3, -0.25) is 9.00 Å². The first kappa shape index (κ1) is 17.4. The first-order valence-corrected chi connectivity index (χ1v) is 8.57. The lowest BCUT2D eigenvalue weighted by molar-refractivity contribution is 0.0939. The number of hydrogen-bond donors (Lipinski definition) is 2. The van der Waals surface area contributed by atoms with E-state index in [-0.39, 0.29) is 11.9 Å². The summed E-state index contributed by atoms with van der Waals surface area (Å²) in [6, 6.07) is 5.45. The minimum atomic E-state index is -0.839. The number of hydrogen-bond acceptors (Lipinski definition) is 3. The third-order valence-corrected chi connectivity index (χ3v) is 3.93. The molecule has 0 aliphatic heterocycles. The highest BCUT2D eigenvalue weighted by molar-refractivity contribution is 7.84. The van der Waals surface area contributed by atoms with Gasteiger partial charge in [0.05, 0.1) is 6.54 Å². The standard InChI is InChI=1S/C16H22N2O2S/c1-12(9-11-21(3)20)18-16(19)15-8-4-6-14(13(15)2)7-5-10-17/h4,6,8,12H,9-11,17H2,1-3H3,(H,18,19). The van der Waals surface area contributed by atoms with Crippen LogP contribution in [0.1, 0.15) is 34.8 Å². The first-order valence-electron chi connectivity index (χ1n) is 6.85. The molecule has 0 aliphatic rings. The number of nitrogens with two attached hydrogens (primary N) is 1. The van der Waals surface area contributed by atoms with E-state index in [0.29, 0.717) is 24.3 Å². The van der Waals surface area contributed by atoms with Crippen molar-refractivity contribution in [3.8, 4) is 11.8 Å². The molecule has 1 aromatic carbocycles. The normalized spacial score (nSPS) is 13.0. The highest BCUT2D eigenvalue weighted by Gasteiger charge is 2.13. The van der Waals surface area contributed by atoms with Gasteiger partial charge in [-0.2, -0.15) is 0 Å². The van der Waals surface area contributed by atoms with Crippen LogP contribution in [0.2, 0.25) is 0 Å². The van der Waals surface area contributed by atoms with Crippen molar-refractivity contribution in [3.63, 3.8) is 0 Å². The zero-order valence-electron chi connectivity index (χ0n) is 12.7. The van der Waals surface area contributed by atoms with Gasteiger partial charge in [0.2, 0.25) is 0 Å². The summed E-state index contributed by atoms with van der Waals surface area (Å²) in [5.41, 5.74) is 7.65. The summed E-state index contributed by atoms with van der Waals surface area (Å²) in [6.07, 6.45) is 2.36. The fraction of sp³-hybridized carbons (Fsp3) is 0.438. The molecule has 3 N–H and O–H groups in total. The van der Waals surface area contributed by atoms with Gasteiger partial charge in [-0.1, -0.05) is 17.9 Å². The van der Waals surface area contributed by atoms with Crippen LogP contribution in [0.25, 0.3) is 0 Å². The van der Waals surface area contributed by atoms with Crippen molar-refractivity contribution in [2.45, 2.75) is 26.3 Å². The van der Waals surface area contributed by atoms with Crippen LogP contribution in [-0.2, 0) is 10.8 Å². The number of carbonyl (C=O) groups is 1. The minimum absolute atomic E-state index is 0.0143. The molecule has 0 saturated heterocycles. The molecule has 0 bridgehead atoms. The second-order valence-electron chi connectivity index (χ2n) is 4.92. The Morgan fingerprint density at radius 3 is 2.81 bits per heavy atom. The zero-order chi connectivity index (χ0) is 15.8. The van der Waals surface area contributed by atoms with E-state index in [4.69, 9.17) is 5.73 Å². The number of benzene rings is 1. The largest absolute Gasteiger partial charge is 0.350 e. The number of rotatable bonds is 5. The van der Waals surface area contributed by atoms with Gasteiger partial charge in [0, 0.05) is 40.0 Å². The second kappa shape index (κ2) is 8.60. The summed E-state index contributed by atoms with van der Waals surface area (Å²) in [5.74, 6) is 6.22. The molecule has 2 unspecified atom stereocenters. The lowest BCUT2D eigenvalue weighted by Crippen LogP contribution is -2.34. The van der Waals surface area contributed by atoms with Crippen LogP contribution in [0.5, 0.6) is 0 Å².